The van der Waals surface area contributed by atoms with Crippen molar-refractivity contribution in [3.63, 3.8) is 0 Å². The Morgan fingerprint density at radius 3 is 2.25 bits per heavy atom. The molecule has 0 aromatic heterocycles. The van der Waals surface area contributed by atoms with Crippen molar-refractivity contribution >= 4 is 9.12 Å². The van der Waals surface area contributed by atoms with Crippen LogP contribution in [-0.2, 0) is 0 Å². The van der Waals surface area contributed by atoms with Gasteiger partial charge in [-0.05, 0) is 26.2 Å². The summed E-state index contributed by atoms with van der Waals surface area (Å²) in [6.45, 7) is 8.69. The minimum atomic E-state index is -0.891. The number of nitrogens with zero attached hydrogens (tertiary/aromatic N) is 1. The van der Waals surface area contributed by atoms with Crippen molar-refractivity contribution < 1.29 is 0 Å². The minimum absolute atomic E-state index is 0.777. The molecule has 0 rings (SSSR count). The van der Waals surface area contributed by atoms with E-state index < -0.39 is 9.12 Å². The third-order valence-corrected chi connectivity index (χ3v) is 4.87. The first-order chi connectivity index (χ1) is 5.59. The molecule has 4 heteroatoms. The predicted molar refractivity (Wildman–Crippen MR) is 57.6 cm³/mol. The van der Waals surface area contributed by atoms with Crippen molar-refractivity contribution in [3.8, 4) is 0 Å². The largest absolute Gasteiger partial charge is 0.320 e. The van der Waals surface area contributed by atoms with Gasteiger partial charge >= 0.3 is 0 Å². The molecule has 0 fully saturated rings. The van der Waals surface area contributed by atoms with Crippen LogP contribution in [0.5, 0.6) is 0 Å². The van der Waals surface area contributed by atoms with Gasteiger partial charge in [0.05, 0.1) is 0 Å². The maximum Gasteiger partial charge on any atom is 0.190 e. The Balaban J connectivity index is 3.64. The molecule has 0 saturated carbocycles. The Kier molecular flexibility index (Phi) is 6.65. The summed E-state index contributed by atoms with van der Waals surface area (Å²) in [5.74, 6) is 0. The van der Waals surface area contributed by atoms with Crippen LogP contribution in [0.15, 0.2) is 0 Å². The third-order valence-electron chi connectivity index (χ3n) is 1.87. The third kappa shape index (κ3) is 4.87. The molecule has 0 amide bonds. The number of rotatable bonds is 6. The molecule has 0 heterocycles. The topological polar surface area (TPSA) is 27.3 Å². The van der Waals surface area contributed by atoms with Gasteiger partial charge in [0.15, 0.2) is 9.12 Å². The molecule has 12 heavy (non-hydrogen) atoms. The van der Waals surface area contributed by atoms with E-state index in [2.05, 4.69) is 49.7 Å². The molecule has 1 unspecified atom stereocenters. The van der Waals surface area contributed by atoms with E-state index in [-0.39, 0.29) is 0 Å². The molecular weight excluding hydrogens is 166 g/mol. The Morgan fingerprint density at radius 1 is 1.33 bits per heavy atom. The van der Waals surface area contributed by atoms with Crippen LogP contribution in [0.1, 0.15) is 20.8 Å². The molecule has 74 valence electrons. The Morgan fingerprint density at radius 2 is 1.92 bits per heavy atom. The summed E-state index contributed by atoms with van der Waals surface area (Å²) >= 11 is 0. The SMILES string of the molecule is CCNCN[SiH](C(C)C)N(C)C. The van der Waals surface area contributed by atoms with Gasteiger partial charge in [0.25, 0.3) is 0 Å². The van der Waals surface area contributed by atoms with Crippen LogP contribution in [0.2, 0.25) is 5.54 Å². The number of hydrogen-bond donors (Lipinski definition) is 2. The minimum Gasteiger partial charge on any atom is -0.320 e. The van der Waals surface area contributed by atoms with Gasteiger partial charge in [-0.3, -0.25) is 0 Å². The fourth-order valence-corrected chi connectivity index (χ4v) is 3.70. The lowest BCUT2D eigenvalue weighted by Crippen LogP contribution is -2.51. The molecule has 0 bridgehead atoms. The van der Waals surface area contributed by atoms with Gasteiger partial charge in [-0.25, -0.2) is 0 Å². The van der Waals surface area contributed by atoms with Crippen LogP contribution >= 0.6 is 0 Å². The zero-order valence-corrected chi connectivity index (χ0v) is 10.2. The summed E-state index contributed by atoms with van der Waals surface area (Å²) in [7, 11) is 3.43. The summed E-state index contributed by atoms with van der Waals surface area (Å²) in [6, 6.07) is 0. The van der Waals surface area contributed by atoms with Crippen LogP contribution in [0, 0.1) is 0 Å². The summed E-state index contributed by atoms with van der Waals surface area (Å²) < 4.78 is 2.35. The van der Waals surface area contributed by atoms with E-state index in [4.69, 9.17) is 0 Å². The van der Waals surface area contributed by atoms with E-state index in [1.54, 1.807) is 0 Å². The lowest BCUT2D eigenvalue weighted by molar-refractivity contribution is 0.577. The highest BCUT2D eigenvalue weighted by molar-refractivity contribution is 6.54. The van der Waals surface area contributed by atoms with E-state index >= 15 is 0 Å². The smallest absolute Gasteiger partial charge is 0.190 e. The summed E-state index contributed by atoms with van der Waals surface area (Å²) in [5, 5.41) is 3.29. The van der Waals surface area contributed by atoms with E-state index in [1.807, 2.05) is 0 Å². The summed E-state index contributed by atoms with van der Waals surface area (Å²) in [4.78, 5) is 3.57. The average molecular weight is 189 g/mol. The second-order valence-electron chi connectivity index (χ2n) is 3.64. The van der Waals surface area contributed by atoms with Gasteiger partial charge in [0.2, 0.25) is 0 Å². The van der Waals surface area contributed by atoms with Crippen molar-refractivity contribution in [2.24, 2.45) is 0 Å². The zero-order chi connectivity index (χ0) is 9.56. The molecule has 0 aliphatic rings. The average Bonchev–Trinajstić information content (AvgIpc) is 1.96. The number of nitrogens with one attached hydrogen (secondary N) is 2. The highest BCUT2D eigenvalue weighted by Crippen LogP contribution is 2.05. The predicted octanol–water partition coefficient (Wildman–Crippen LogP) is 0.335. The summed E-state index contributed by atoms with van der Waals surface area (Å²) in [5.41, 5.74) is 0.777. The van der Waals surface area contributed by atoms with Gasteiger partial charge in [-0.1, -0.05) is 20.8 Å². The molecule has 0 aliphatic carbocycles. The molecule has 2 N–H and O–H groups in total. The van der Waals surface area contributed by atoms with E-state index in [0.29, 0.717) is 0 Å². The van der Waals surface area contributed by atoms with Crippen molar-refractivity contribution in [1.82, 2.24) is 14.9 Å². The molecule has 0 aromatic rings. The van der Waals surface area contributed by atoms with Crippen molar-refractivity contribution in [2.45, 2.75) is 26.3 Å². The first-order valence-corrected chi connectivity index (χ1v) is 6.46. The molecular formula is C8H23N3Si. The van der Waals surface area contributed by atoms with E-state index in [1.165, 1.54) is 0 Å². The summed E-state index contributed by atoms with van der Waals surface area (Å²) in [6.07, 6.45) is 0. The Bertz CT molecular complexity index is 98.5. The maximum atomic E-state index is 3.57. The van der Waals surface area contributed by atoms with Gasteiger partial charge in [-0.15, -0.1) is 0 Å². The highest BCUT2D eigenvalue weighted by Gasteiger charge is 2.16. The lowest BCUT2D eigenvalue weighted by atomic mass is 10.6. The van der Waals surface area contributed by atoms with E-state index in [9.17, 15) is 0 Å². The van der Waals surface area contributed by atoms with Crippen LogP contribution in [-0.4, -0.2) is 41.0 Å². The van der Waals surface area contributed by atoms with Gasteiger partial charge < -0.3 is 14.9 Å². The van der Waals surface area contributed by atoms with Crippen LogP contribution in [0.3, 0.4) is 0 Å². The van der Waals surface area contributed by atoms with Gasteiger partial charge in [0, 0.05) is 6.67 Å². The van der Waals surface area contributed by atoms with Crippen molar-refractivity contribution in [2.75, 3.05) is 27.3 Å². The molecule has 0 radical (unpaired) electrons. The lowest BCUT2D eigenvalue weighted by Gasteiger charge is -2.26. The molecule has 0 spiro atoms. The standard InChI is InChI=1S/C8H23N3Si/c1-6-9-7-10-12(8(2)3)11(4)5/h8-10,12H,6-7H2,1-5H3. The van der Waals surface area contributed by atoms with Gasteiger partial charge in [-0.2, -0.15) is 0 Å². The monoisotopic (exact) mass is 189 g/mol. The van der Waals surface area contributed by atoms with E-state index in [0.717, 1.165) is 18.8 Å². The molecule has 0 aliphatic heterocycles. The van der Waals surface area contributed by atoms with Gasteiger partial charge in [0.1, 0.15) is 0 Å². The fourth-order valence-electron chi connectivity index (χ4n) is 1.32. The maximum absolute atomic E-state index is 3.57. The zero-order valence-electron chi connectivity index (χ0n) is 9.02. The Labute approximate surface area is 78.3 Å². The first kappa shape index (κ1) is 12.1. The molecule has 0 saturated heterocycles. The highest BCUT2D eigenvalue weighted by atomic mass is 28.3. The molecule has 1 atom stereocenters. The van der Waals surface area contributed by atoms with Crippen LogP contribution in [0.4, 0.5) is 0 Å². The Hall–Kier alpha value is 0.0969. The molecule has 3 nitrogen and oxygen atoms in total. The normalized spacial score (nSPS) is 14.2. The fraction of sp³-hybridized carbons (Fsp3) is 1.00. The quantitative estimate of drug-likeness (QED) is 0.358. The van der Waals surface area contributed by atoms with Crippen LogP contribution < -0.4 is 10.3 Å². The van der Waals surface area contributed by atoms with Crippen LogP contribution in [0.25, 0.3) is 0 Å². The first-order valence-electron chi connectivity index (χ1n) is 4.70. The number of hydrogen-bond acceptors (Lipinski definition) is 3. The van der Waals surface area contributed by atoms with Crippen molar-refractivity contribution in [1.29, 1.82) is 0 Å². The van der Waals surface area contributed by atoms with Crippen molar-refractivity contribution in [3.05, 3.63) is 0 Å². The second kappa shape index (κ2) is 6.60. The molecule has 0 aromatic carbocycles. The second-order valence-corrected chi connectivity index (χ2v) is 7.30.